The molecule has 1 heterocycles. The third kappa shape index (κ3) is 3.61. The lowest BCUT2D eigenvalue weighted by atomic mass is 10.1. The van der Waals surface area contributed by atoms with Gasteiger partial charge in [-0.3, -0.25) is 8.98 Å². The Morgan fingerprint density at radius 3 is 2.35 bits per heavy atom. The molecule has 0 aliphatic rings. The molecule has 0 spiro atoms. The average molecular weight is 369 g/mol. The first-order valence-corrected chi connectivity index (χ1v) is 9.14. The van der Waals surface area contributed by atoms with Crippen molar-refractivity contribution >= 4 is 17.0 Å². The highest BCUT2D eigenvalue weighted by Crippen LogP contribution is 2.30. The maximum absolute atomic E-state index is 11.7. The third-order valence-electron chi connectivity index (χ3n) is 4.20. The molecule has 5 nitrogen and oxygen atoms in total. The number of aliphatic carboxylic acids is 1. The van der Waals surface area contributed by atoms with Crippen molar-refractivity contribution in [1.29, 1.82) is 0 Å². The van der Waals surface area contributed by atoms with Crippen LogP contribution in [0.5, 0.6) is 0 Å². The molecule has 1 N–H and O–H groups in total. The molecule has 0 radical (unpaired) electrons. The van der Waals surface area contributed by atoms with E-state index in [4.69, 9.17) is 4.18 Å². The smallest absolute Gasteiger partial charge is 0.307 e. The SMILES string of the molecule is COS(=O)c1ccc(-c2cc(CC(=O)O)c(C)n2-c2ccccc2)cc1. The minimum absolute atomic E-state index is 0.0373. The van der Waals surface area contributed by atoms with E-state index in [1.807, 2.05) is 60.0 Å². The standard InChI is InChI=1S/C20H19NO4S/c1-14-16(13-20(22)23)12-19(21(14)17-6-4-3-5-7-17)15-8-10-18(11-9-15)26(24)25-2/h3-12H,13H2,1-2H3,(H,22,23). The molecule has 0 amide bonds. The zero-order chi connectivity index (χ0) is 18.7. The molecule has 6 heteroatoms. The molecule has 0 saturated carbocycles. The van der Waals surface area contributed by atoms with E-state index in [1.165, 1.54) is 7.11 Å². The highest BCUT2D eigenvalue weighted by molar-refractivity contribution is 7.80. The van der Waals surface area contributed by atoms with Crippen molar-refractivity contribution in [2.45, 2.75) is 18.2 Å². The summed E-state index contributed by atoms with van der Waals surface area (Å²) in [7, 11) is 1.39. The van der Waals surface area contributed by atoms with Crippen molar-refractivity contribution in [3.8, 4) is 16.9 Å². The lowest BCUT2D eigenvalue weighted by Crippen LogP contribution is -2.03. The number of hydrogen-bond acceptors (Lipinski definition) is 3. The first-order valence-electron chi connectivity index (χ1n) is 8.06. The Labute approximate surface area is 154 Å². The molecule has 3 rings (SSSR count). The molecule has 1 aromatic heterocycles. The van der Waals surface area contributed by atoms with Crippen LogP contribution in [-0.2, 0) is 26.5 Å². The van der Waals surface area contributed by atoms with Crippen LogP contribution < -0.4 is 0 Å². The predicted octanol–water partition coefficient (Wildman–Crippen LogP) is 3.75. The minimum atomic E-state index is -1.49. The first kappa shape index (κ1) is 18.1. The second kappa shape index (κ2) is 7.68. The van der Waals surface area contributed by atoms with Crippen LogP contribution in [0.2, 0.25) is 0 Å². The lowest BCUT2D eigenvalue weighted by molar-refractivity contribution is -0.136. The molecule has 3 aromatic rings. The van der Waals surface area contributed by atoms with Gasteiger partial charge in [0.05, 0.1) is 24.1 Å². The predicted molar refractivity (Wildman–Crippen MR) is 101 cm³/mol. The van der Waals surface area contributed by atoms with Gasteiger partial charge in [-0.2, -0.15) is 0 Å². The van der Waals surface area contributed by atoms with E-state index in [-0.39, 0.29) is 6.42 Å². The van der Waals surface area contributed by atoms with E-state index in [1.54, 1.807) is 12.1 Å². The van der Waals surface area contributed by atoms with E-state index in [2.05, 4.69) is 0 Å². The summed E-state index contributed by atoms with van der Waals surface area (Å²) < 4.78 is 18.6. The zero-order valence-electron chi connectivity index (χ0n) is 14.5. The van der Waals surface area contributed by atoms with Crippen LogP contribution >= 0.6 is 0 Å². The Kier molecular flexibility index (Phi) is 5.35. The van der Waals surface area contributed by atoms with Gasteiger partial charge in [0, 0.05) is 11.4 Å². The van der Waals surface area contributed by atoms with E-state index in [0.29, 0.717) is 4.90 Å². The van der Waals surface area contributed by atoms with E-state index < -0.39 is 17.0 Å². The fraction of sp³-hybridized carbons (Fsp3) is 0.150. The normalized spacial score (nSPS) is 12.1. The number of carboxylic acid groups (broad SMARTS) is 1. The Morgan fingerprint density at radius 1 is 1.12 bits per heavy atom. The van der Waals surface area contributed by atoms with Crippen molar-refractivity contribution in [3.63, 3.8) is 0 Å². The monoisotopic (exact) mass is 369 g/mol. The third-order valence-corrected chi connectivity index (χ3v) is 5.16. The number of carbonyl (C=O) groups is 1. The topological polar surface area (TPSA) is 68.5 Å². The number of carboxylic acids is 1. The number of benzene rings is 2. The molecule has 1 unspecified atom stereocenters. The van der Waals surface area contributed by atoms with Crippen molar-refractivity contribution in [2.24, 2.45) is 0 Å². The van der Waals surface area contributed by atoms with Crippen LogP contribution in [0.4, 0.5) is 0 Å². The molecule has 0 bridgehead atoms. The van der Waals surface area contributed by atoms with Gasteiger partial charge < -0.3 is 9.67 Å². The van der Waals surface area contributed by atoms with Gasteiger partial charge in [0.1, 0.15) is 0 Å². The first-order chi connectivity index (χ1) is 12.5. The van der Waals surface area contributed by atoms with Gasteiger partial charge >= 0.3 is 5.97 Å². The number of nitrogens with zero attached hydrogens (tertiary/aromatic N) is 1. The van der Waals surface area contributed by atoms with Crippen molar-refractivity contribution < 1.29 is 18.3 Å². The van der Waals surface area contributed by atoms with Crippen LogP contribution in [0.25, 0.3) is 16.9 Å². The summed E-state index contributed by atoms with van der Waals surface area (Å²) in [6, 6.07) is 18.9. The molecule has 1 atom stereocenters. The quantitative estimate of drug-likeness (QED) is 0.718. The van der Waals surface area contributed by atoms with Crippen LogP contribution in [0, 0.1) is 6.92 Å². The average Bonchev–Trinajstić information content (AvgIpc) is 2.97. The molecule has 0 aliphatic carbocycles. The van der Waals surface area contributed by atoms with Gasteiger partial charge in [0.15, 0.2) is 11.1 Å². The molecule has 0 aliphatic heterocycles. The minimum Gasteiger partial charge on any atom is -0.481 e. The second-order valence-electron chi connectivity index (χ2n) is 5.81. The number of aromatic nitrogens is 1. The number of para-hydroxylation sites is 1. The summed E-state index contributed by atoms with van der Waals surface area (Å²) in [4.78, 5) is 11.8. The fourth-order valence-electron chi connectivity index (χ4n) is 2.96. The van der Waals surface area contributed by atoms with E-state index in [0.717, 1.165) is 28.2 Å². The summed E-state index contributed by atoms with van der Waals surface area (Å²) in [5, 5.41) is 9.20. The second-order valence-corrected chi connectivity index (χ2v) is 7.08. The van der Waals surface area contributed by atoms with E-state index in [9.17, 15) is 14.1 Å². The van der Waals surface area contributed by atoms with Gasteiger partial charge in [-0.05, 0) is 48.4 Å². The van der Waals surface area contributed by atoms with Crippen LogP contribution in [0.15, 0.2) is 65.6 Å². The largest absolute Gasteiger partial charge is 0.481 e. The van der Waals surface area contributed by atoms with E-state index >= 15 is 0 Å². The summed E-state index contributed by atoms with van der Waals surface area (Å²) in [5.41, 5.74) is 4.41. The van der Waals surface area contributed by atoms with Crippen molar-refractivity contribution in [2.75, 3.05) is 7.11 Å². The number of rotatable bonds is 6. The maximum Gasteiger partial charge on any atom is 0.307 e. The van der Waals surface area contributed by atoms with Crippen molar-refractivity contribution in [1.82, 2.24) is 4.57 Å². The molecular weight excluding hydrogens is 350 g/mol. The Morgan fingerprint density at radius 2 is 1.77 bits per heavy atom. The Hall–Kier alpha value is -2.70. The van der Waals surface area contributed by atoms with Gasteiger partial charge in [-0.25, -0.2) is 4.21 Å². The van der Waals surface area contributed by atoms with Gasteiger partial charge in [-0.15, -0.1) is 0 Å². The van der Waals surface area contributed by atoms with Gasteiger partial charge in [-0.1, -0.05) is 30.3 Å². The molecule has 134 valence electrons. The van der Waals surface area contributed by atoms with Crippen molar-refractivity contribution in [3.05, 3.63) is 71.9 Å². The fourth-order valence-corrected chi connectivity index (χ4v) is 3.51. The van der Waals surface area contributed by atoms with Gasteiger partial charge in [0.2, 0.25) is 0 Å². The molecule has 0 saturated heterocycles. The molecule has 0 fully saturated rings. The summed E-state index contributed by atoms with van der Waals surface area (Å²) >= 11 is -1.49. The number of hydrogen-bond donors (Lipinski definition) is 1. The summed E-state index contributed by atoms with van der Waals surface area (Å²) in [6.45, 7) is 1.92. The van der Waals surface area contributed by atoms with Crippen LogP contribution in [0.3, 0.4) is 0 Å². The highest BCUT2D eigenvalue weighted by Gasteiger charge is 2.17. The van der Waals surface area contributed by atoms with Gasteiger partial charge in [0.25, 0.3) is 0 Å². The molecule has 26 heavy (non-hydrogen) atoms. The van der Waals surface area contributed by atoms with Crippen LogP contribution in [0.1, 0.15) is 11.3 Å². The molecular formula is C20H19NO4S. The molecule has 2 aromatic carbocycles. The zero-order valence-corrected chi connectivity index (χ0v) is 15.3. The summed E-state index contributed by atoms with van der Waals surface area (Å²) in [5.74, 6) is -0.865. The Balaban J connectivity index is 2.13. The highest BCUT2D eigenvalue weighted by atomic mass is 32.2. The maximum atomic E-state index is 11.7. The summed E-state index contributed by atoms with van der Waals surface area (Å²) in [6.07, 6.45) is -0.0373. The lowest BCUT2D eigenvalue weighted by Gasteiger charge is -2.12. The van der Waals surface area contributed by atoms with Crippen LogP contribution in [-0.4, -0.2) is 27.0 Å². The Bertz CT molecular complexity index is 946.